The van der Waals surface area contributed by atoms with Crippen LogP contribution in [0.2, 0.25) is 0 Å². The molecule has 3 heteroatoms. The molecule has 0 bridgehead atoms. The first-order valence-corrected chi connectivity index (χ1v) is 7.86. The van der Waals surface area contributed by atoms with Crippen molar-refractivity contribution in [1.29, 1.82) is 0 Å². The number of nitrogens with one attached hydrogen (secondary N) is 1. The lowest BCUT2D eigenvalue weighted by molar-refractivity contribution is 0.553. The fraction of sp³-hybridized carbons (Fsp3) is 0.500. The van der Waals surface area contributed by atoms with Gasteiger partial charge in [-0.2, -0.15) is 5.10 Å². The van der Waals surface area contributed by atoms with Gasteiger partial charge in [0.1, 0.15) is 0 Å². The van der Waals surface area contributed by atoms with Crippen LogP contribution < -0.4 is 5.32 Å². The zero-order chi connectivity index (χ0) is 15.4. The summed E-state index contributed by atoms with van der Waals surface area (Å²) in [5.41, 5.74) is 4.97. The smallest absolute Gasteiger partial charge is 0.0748 e. The summed E-state index contributed by atoms with van der Waals surface area (Å²) in [5.74, 6) is 0.569. The maximum absolute atomic E-state index is 4.49. The van der Waals surface area contributed by atoms with E-state index >= 15 is 0 Å². The number of aryl methyl sites for hydroxylation is 2. The minimum absolute atomic E-state index is 0.206. The second-order valence-corrected chi connectivity index (χ2v) is 6.04. The highest BCUT2D eigenvalue weighted by molar-refractivity contribution is 5.32. The van der Waals surface area contributed by atoms with E-state index in [1.54, 1.807) is 0 Å². The van der Waals surface area contributed by atoms with Gasteiger partial charge in [0.05, 0.1) is 17.4 Å². The van der Waals surface area contributed by atoms with Crippen LogP contribution in [-0.2, 0) is 7.05 Å². The average Bonchev–Trinajstić information content (AvgIpc) is 2.79. The molecule has 1 aromatic carbocycles. The third kappa shape index (κ3) is 3.73. The van der Waals surface area contributed by atoms with Gasteiger partial charge in [0.15, 0.2) is 0 Å². The van der Waals surface area contributed by atoms with Gasteiger partial charge in [0.25, 0.3) is 0 Å². The SMILES string of the molecule is CCCNC(c1ccc(C(C)C)cc1)c1cc(C)nn1C. The molecule has 0 saturated heterocycles. The molecule has 0 radical (unpaired) electrons. The highest BCUT2D eigenvalue weighted by Crippen LogP contribution is 2.24. The van der Waals surface area contributed by atoms with E-state index in [9.17, 15) is 0 Å². The third-order valence-corrected chi connectivity index (χ3v) is 3.87. The number of nitrogens with zero attached hydrogens (tertiary/aromatic N) is 2. The van der Waals surface area contributed by atoms with Crippen molar-refractivity contribution in [2.75, 3.05) is 6.54 Å². The van der Waals surface area contributed by atoms with Crippen LogP contribution in [0, 0.1) is 6.92 Å². The van der Waals surface area contributed by atoms with Crippen LogP contribution in [0.3, 0.4) is 0 Å². The summed E-state index contributed by atoms with van der Waals surface area (Å²) in [7, 11) is 2.02. The van der Waals surface area contributed by atoms with Gasteiger partial charge in [-0.25, -0.2) is 0 Å². The Balaban J connectivity index is 2.33. The molecule has 1 unspecified atom stereocenters. The van der Waals surface area contributed by atoms with Gasteiger partial charge in [-0.15, -0.1) is 0 Å². The number of aromatic nitrogens is 2. The van der Waals surface area contributed by atoms with Gasteiger partial charge in [0.2, 0.25) is 0 Å². The Kier molecular flexibility index (Phi) is 5.18. The van der Waals surface area contributed by atoms with E-state index in [4.69, 9.17) is 0 Å². The van der Waals surface area contributed by atoms with Crippen molar-refractivity contribution in [2.45, 2.75) is 46.1 Å². The average molecular weight is 285 g/mol. The standard InChI is InChI=1S/C18H27N3/c1-6-11-19-18(17-12-14(4)20-21(17)5)16-9-7-15(8-10-16)13(2)3/h7-10,12-13,18-19H,6,11H2,1-5H3. The molecule has 0 aliphatic rings. The van der Waals surface area contributed by atoms with Crippen LogP contribution in [0.1, 0.15) is 61.7 Å². The van der Waals surface area contributed by atoms with E-state index in [2.05, 4.69) is 61.5 Å². The second-order valence-electron chi connectivity index (χ2n) is 6.04. The lowest BCUT2D eigenvalue weighted by Gasteiger charge is -2.20. The Bertz CT molecular complexity index is 567. The predicted octanol–water partition coefficient (Wildman–Crippen LogP) is 3.94. The molecule has 1 aromatic heterocycles. The molecule has 0 spiro atoms. The number of benzene rings is 1. The first-order valence-electron chi connectivity index (χ1n) is 7.86. The van der Waals surface area contributed by atoms with Gasteiger partial charge >= 0.3 is 0 Å². The lowest BCUT2D eigenvalue weighted by Crippen LogP contribution is -2.25. The van der Waals surface area contributed by atoms with Crippen LogP contribution in [0.25, 0.3) is 0 Å². The van der Waals surface area contributed by atoms with E-state index in [0.29, 0.717) is 5.92 Å². The van der Waals surface area contributed by atoms with Crippen LogP contribution in [0.15, 0.2) is 30.3 Å². The van der Waals surface area contributed by atoms with E-state index in [0.717, 1.165) is 18.7 Å². The Morgan fingerprint density at radius 1 is 1.14 bits per heavy atom. The topological polar surface area (TPSA) is 29.9 Å². The first kappa shape index (κ1) is 15.8. The summed E-state index contributed by atoms with van der Waals surface area (Å²) < 4.78 is 1.99. The minimum Gasteiger partial charge on any atom is -0.305 e. The van der Waals surface area contributed by atoms with E-state index in [1.807, 2.05) is 18.7 Å². The quantitative estimate of drug-likeness (QED) is 0.871. The fourth-order valence-electron chi connectivity index (χ4n) is 2.66. The molecule has 0 amide bonds. The Labute approximate surface area is 128 Å². The summed E-state index contributed by atoms with van der Waals surface area (Å²) in [6.45, 7) is 9.70. The molecule has 1 heterocycles. The Morgan fingerprint density at radius 2 is 1.76 bits per heavy atom. The fourth-order valence-corrected chi connectivity index (χ4v) is 2.66. The highest BCUT2D eigenvalue weighted by atomic mass is 15.3. The molecular formula is C18H27N3. The van der Waals surface area contributed by atoms with Crippen molar-refractivity contribution in [3.05, 3.63) is 52.8 Å². The van der Waals surface area contributed by atoms with Crippen LogP contribution >= 0.6 is 0 Å². The van der Waals surface area contributed by atoms with E-state index in [-0.39, 0.29) is 6.04 Å². The maximum atomic E-state index is 4.49. The summed E-state index contributed by atoms with van der Waals surface area (Å²) in [6.07, 6.45) is 1.12. The molecule has 0 fully saturated rings. The molecule has 0 saturated carbocycles. The molecule has 0 aliphatic heterocycles. The van der Waals surface area contributed by atoms with E-state index in [1.165, 1.54) is 16.8 Å². The molecule has 2 aromatic rings. The van der Waals surface area contributed by atoms with Crippen molar-refractivity contribution < 1.29 is 0 Å². The molecule has 0 aliphatic carbocycles. The second kappa shape index (κ2) is 6.90. The molecule has 114 valence electrons. The van der Waals surface area contributed by atoms with Gasteiger partial charge in [-0.3, -0.25) is 4.68 Å². The summed E-state index contributed by atoms with van der Waals surface area (Å²) >= 11 is 0. The third-order valence-electron chi connectivity index (χ3n) is 3.87. The number of hydrogen-bond acceptors (Lipinski definition) is 2. The molecule has 2 rings (SSSR count). The van der Waals surface area contributed by atoms with Crippen LogP contribution in [0.4, 0.5) is 0 Å². The summed E-state index contributed by atoms with van der Waals surface area (Å²) in [5, 5.41) is 8.13. The van der Waals surface area contributed by atoms with Crippen molar-refractivity contribution >= 4 is 0 Å². The van der Waals surface area contributed by atoms with Gasteiger partial charge in [-0.05, 0) is 43.0 Å². The van der Waals surface area contributed by atoms with Gasteiger partial charge in [0, 0.05) is 7.05 Å². The zero-order valence-electron chi connectivity index (χ0n) is 13.9. The molecule has 3 nitrogen and oxygen atoms in total. The zero-order valence-corrected chi connectivity index (χ0v) is 13.9. The van der Waals surface area contributed by atoms with E-state index < -0.39 is 0 Å². The molecule has 21 heavy (non-hydrogen) atoms. The van der Waals surface area contributed by atoms with Gasteiger partial charge < -0.3 is 5.32 Å². The lowest BCUT2D eigenvalue weighted by atomic mass is 9.97. The largest absolute Gasteiger partial charge is 0.305 e. The van der Waals surface area contributed by atoms with Gasteiger partial charge in [-0.1, -0.05) is 45.0 Å². The van der Waals surface area contributed by atoms with Crippen LogP contribution in [-0.4, -0.2) is 16.3 Å². The summed E-state index contributed by atoms with van der Waals surface area (Å²) in [4.78, 5) is 0. The molecular weight excluding hydrogens is 258 g/mol. The maximum Gasteiger partial charge on any atom is 0.0748 e. The Hall–Kier alpha value is -1.61. The molecule has 1 N–H and O–H groups in total. The number of hydrogen-bond donors (Lipinski definition) is 1. The van der Waals surface area contributed by atoms with Crippen molar-refractivity contribution in [1.82, 2.24) is 15.1 Å². The van der Waals surface area contributed by atoms with Crippen molar-refractivity contribution in [2.24, 2.45) is 7.05 Å². The predicted molar refractivity (Wildman–Crippen MR) is 88.6 cm³/mol. The number of rotatable bonds is 6. The normalized spacial score (nSPS) is 12.9. The Morgan fingerprint density at radius 3 is 2.24 bits per heavy atom. The summed E-state index contributed by atoms with van der Waals surface area (Å²) in [6, 6.07) is 11.3. The molecule has 1 atom stereocenters. The first-order chi connectivity index (χ1) is 10.0. The highest BCUT2D eigenvalue weighted by Gasteiger charge is 2.17. The van der Waals surface area contributed by atoms with Crippen molar-refractivity contribution in [3.63, 3.8) is 0 Å². The minimum atomic E-state index is 0.206. The van der Waals surface area contributed by atoms with Crippen LogP contribution in [0.5, 0.6) is 0 Å². The van der Waals surface area contributed by atoms with Crippen molar-refractivity contribution in [3.8, 4) is 0 Å². The monoisotopic (exact) mass is 285 g/mol.